The summed E-state index contributed by atoms with van der Waals surface area (Å²) in [5.41, 5.74) is 1.19. The Morgan fingerprint density at radius 3 is 2.25 bits per heavy atom. The zero-order chi connectivity index (χ0) is 44.4. The van der Waals surface area contributed by atoms with Gasteiger partial charge in [-0.25, -0.2) is 9.59 Å². The maximum atomic E-state index is 14.8. The van der Waals surface area contributed by atoms with E-state index in [9.17, 15) is 38.4 Å². The van der Waals surface area contributed by atoms with Crippen LogP contribution < -0.4 is 21.3 Å². The molecule has 3 saturated heterocycles. The van der Waals surface area contributed by atoms with Gasteiger partial charge >= 0.3 is 18.0 Å². The average molecular weight is 847 g/mol. The second-order valence-corrected chi connectivity index (χ2v) is 16.3. The molecular formula is C43H58N8O10. The maximum Gasteiger partial charge on any atom is 0.329 e. The number of hydrogen-bond donors (Lipinski definition) is 4. The van der Waals surface area contributed by atoms with Crippen molar-refractivity contribution in [1.82, 2.24) is 35.6 Å². The van der Waals surface area contributed by atoms with Gasteiger partial charge in [0.05, 0.1) is 13.2 Å². The summed E-state index contributed by atoms with van der Waals surface area (Å²) in [5, 5.41) is 10.9. The fraction of sp³-hybridized carbons (Fsp3) is 0.535. The molecule has 8 atom stereocenters. The van der Waals surface area contributed by atoms with Gasteiger partial charge in [0.1, 0.15) is 42.4 Å². The first-order valence-corrected chi connectivity index (χ1v) is 20.7. The van der Waals surface area contributed by atoms with Crippen molar-refractivity contribution in [2.45, 2.75) is 95.2 Å². The van der Waals surface area contributed by atoms with E-state index in [1.54, 1.807) is 73.6 Å². The van der Waals surface area contributed by atoms with E-state index in [-0.39, 0.29) is 57.8 Å². The summed E-state index contributed by atoms with van der Waals surface area (Å²) in [7, 11) is 4.81. The first-order chi connectivity index (χ1) is 29.0. The highest BCUT2D eigenvalue weighted by Gasteiger charge is 2.46. The van der Waals surface area contributed by atoms with Crippen molar-refractivity contribution in [3.05, 3.63) is 66.2 Å². The van der Waals surface area contributed by atoms with Gasteiger partial charge in [0.25, 0.3) is 0 Å². The smallest absolute Gasteiger partial charge is 0.329 e. The third-order valence-electron chi connectivity index (χ3n) is 11.1. The predicted molar refractivity (Wildman–Crippen MR) is 222 cm³/mol. The van der Waals surface area contributed by atoms with E-state index in [0.29, 0.717) is 17.7 Å². The molecular weight excluding hydrogens is 789 g/mol. The highest BCUT2D eigenvalue weighted by molar-refractivity contribution is 5.98. The number of hydrogen-bond acceptors (Lipinski definition) is 11. The van der Waals surface area contributed by atoms with E-state index in [4.69, 9.17) is 9.47 Å². The molecule has 61 heavy (non-hydrogen) atoms. The number of benzene rings is 2. The number of rotatable bonds is 11. The Bertz CT molecular complexity index is 1920. The first kappa shape index (κ1) is 46.0. The van der Waals surface area contributed by atoms with E-state index in [0.717, 1.165) is 0 Å². The van der Waals surface area contributed by atoms with Crippen molar-refractivity contribution < 1.29 is 47.8 Å². The summed E-state index contributed by atoms with van der Waals surface area (Å²) >= 11 is 0. The zero-order valence-electron chi connectivity index (χ0n) is 35.6. The topological polar surface area (TPSA) is 216 Å². The summed E-state index contributed by atoms with van der Waals surface area (Å²) < 4.78 is 11.3. The van der Waals surface area contributed by atoms with Gasteiger partial charge in [-0.1, -0.05) is 55.5 Å². The lowest BCUT2D eigenvalue weighted by Crippen LogP contribution is -2.62. The number of urea groups is 1. The van der Waals surface area contributed by atoms with Crippen LogP contribution in [0.15, 0.2) is 60.7 Å². The molecule has 3 heterocycles. The van der Waals surface area contributed by atoms with Gasteiger partial charge in [0.15, 0.2) is 0 Å². The van der Waals surface area contributed by atoms with Gasteiger partial charge in [0.2, 0.25) is 29.5 Å². The Balaban J connectivity index is 1.48. The molecule has 3 aliphatic heterocycles. The number of carbonyl (C=O) groups is 8. The molecule has 18 nitrogen and oxygen atoms in total. The minimum atomic E-state index is -1.54. The normalized spacial score (nSPS) is 25.6. The molecule has 8 unspecified atom stereocenters. The summed E-state index contributed by atoms with van der Waals surface area (Å²) in [6.45, 7) is 4.87. The Hall–Kier alpha value is -6.04. The van der Waals surface area contributed by atoms with E-state index in [1.807, 2.05) is 13.0 Å². The van der Waals surface area contributed by atoms with Gasteiger partial charge in [-0.2, -0.15) is 0 Å². The molecule has 2 aromatic carbocycles. The molecule has 5 rings (SSSR count). The molecule has 4 N–H and O–H groups in total. The lowest BCUT2D eigenvalue weighted by molar-refractivity contribution is -0.163. The van der Waals surface area contributed by atoms with Gasteiger partial charge in [-0.05, 0) is 70.8 Å². The SMILES string of the molecule is CC1CC2C(=O)OC(C)C(NC(=O)C(Cc3ccccc3)NC(=O)Nc3ccccc3)C(=O)N3CCCC3C(=O)N(C)C(CCOC(=O)CN(C)C)C(=O)NC(C)C(=O)N2C1. The first-order valence-electron chi connectivity index (χ1n) is 20.7. The second-order valence-electron chi connectivity index (χ2n) is 16.3. The number of likely N-dealkylation sites (N-methyl/N-ethyl adjacent to an activating group) is 2. The minimum absolute atomic E-state index is 0.00571. The van der Waals surface area contributed by atoms with Crippen LogP contribution in [0.2, 0.25) is 0 Å². The van der Waals surface area contributed by atoms with Crippen molar-refractivity contribution >= 4 is 53.2 Å². The molecule has 7 amide bonds. The predicted octanol–water partition coefficient (Wildman–Crippen LogP) is 0.904. The summed E-state index contributed by atoms with van der Waals surface area (Å²) in [5.74, 6) is -4.80. The molecule has 0 radical (unpaired) electrons. The van der Waals surface area contributed by atoms with Crippen molar-refractivity contribution in [3.8, 4) is 0 Å². The van der Waals surface area contributed by atoms with Crippen molar-refractivity contribution in [2.75, 3.05) is 52.7 Å². The fourth-order valence-corrected chi connectivity index (χ4v) is 7.95. The number of nitrogens with one attached hydrogen (secondary N) is 4. The van der Waals surface area contributed by atoms with Crippen LogP contribution in [-0.2, 0) is 49.5 Å². The fourth-order valence-electron chi connectivity index (χ4n) is 7.95. The maximum absolute atomic E-state index is 14.8. The van der Waals surface area contributed by atoms with Crippen molar-refractivity contribution in [2.24, 2.45) is 5.92 Å². The number of cyclic esters (lactones) is 1. The number of carbonyl (C=O) groups excluding carboxylic acids is 8. The molecule has 2 aromatic rings. The van der Waals surface area contributed by atoms with E-state index in [1.165, 1.54) is 35.6 Å². The molecule has 18 heteroatoms. The van der Waals surface area contributed by atoms with Crippen LogP contribution in [0.5, 0.6) is 0 Å². The Morgan fingerprint density at radius 2 is 1.57 bits per heavy atom. The number of fused-ring (bicyclic) bond motifs is 2. The van der Waals surface area contributed by atoms with Crippen LogP contribution in [-0.4, -0.2) is 157 Å². The Kier molecular flexibility index (Phi) is 15.8. The molecule has 3 aliphatic rings. The van der Waals surface area contributed by atoms with Gasteiger partial charge in [-0.15, -0.1) is 0 Å². The number of nitrogens with zero attached hydrogens (tertiary/aromatic N) is 4. The highest BCUT2D eigenvalue weighted by Crippen LogP contribution is 2.27. The number of amides is 7. The van der Waals surface area contributed by atoms with E-state index in [2.05, 4.69) is 21.3 Å². The Morgan fingerprint density at radius 1 is 0.902 bits per heavy atom. The summed E-state index contributed by atoms with van der Waals surface area (Å²) in [6, 6.07) is 9.65. The zero-order valence-corrected chi connectivity index (χ0v) is 35.6. The number of para-hydroxylation sites is 1. The standard InChI is InChI=1S/C43H58N8O10/c1-26-22-34-42(58)61-28(3)36(47-37(53)31(23-29-14-9-7-10-15-29)46-43(59)45-30-16-11-8-12-17-30)41(57)50-20-13-18-33(50)40(56)49(6)32(19-21-60-35(52)25-48(4)5)38(54)44-27(2)39(55)51(34)24-26/h7-12,14-17,26-28,31-34,36H,13,18-25H2,1-6H3,(H,44,54)(H,47,53)(H2,45,46,59). The van der Waals surface area contributed by atoms with Crippen LogP contribution in [0.1, 0.15) is 52.0 Å². The van der Waals surface area contributed by atoms with Crippen molar-refractivity contribution in [1.29, 1.82) is 0 Å². The van der Waals surface area contributed by atoms with Crippen molar-refractivity contribution in [3.63, 3.8) is 0 Å². The summed E-state index contributed by atoms with van der Waals surface area (Å²) in [4.78, 5) is 116. The van der Waals surface area contributed by atoms with E-state index < -0.39 is 89.9 Å². The molecule has 0 bridgehead atoms. The quantitative estimate of drug-likeness (QED) is 0.233. The minimum Gasteiger partial charge on any atom is -0.465 e. The lowest BCUT2D eigenvalue weighted by Gasteiger charge is -2.36. The molecule has 330 valence electrons. The molecule has 0 spiro atoms. The molecule has 0 aliphatic carbocycles. The number of ether oxygens (including phenoxy) is 2. The molecule has 3 fully saturated rings. The number of esters is 2. The van der Waals surface area contributed by atoms with Gasteiger partial charge in [-0.3, -0.25) is 33.7 Å². The second kappa shape index (κ2) is 21.0. The molecule has 0 saturated carbocycles. The van der Waals surface area contributed by atoms with Gasteiger partial charge in [0, 0.05) is 38.7 Å². The van der Waals surface area contributed by atoms with E-state index >= 15 is 0 Å². The summed E-state index contributed by atoms with van der Waals surface area (Å²) in [6.07, 6.45) is -0.526. The van der Waals surface area contributed by atoms with Crippen LogP contribution in [0.4, 0.5) is 10.5 Å². The third-order valence-corrected chi connectivity index (χ3v) is 11.1. The third kappa shape index (κ3) is 12.0. The Labute approximate surface area is 356 Å². The number of anilines is 1. The monoisotopic (exact) mass is 846 g/mol. The van der Waals surface area contributed by atoms with Crippen LogP contribution in [0.25, 0.3) is 0 Å². The van der Waals surface area contributed by atoms with Crippen LogP contribution in [0, 0.1) is 5.92 Å². The lowest BCUT2D eigenvalue weighted by atomic mass is 10.0. The largest absolute Gasteiger partial charge is 0.465 e. The van der Waals surface area contributed by atoms with Crippen LogP contribution in [0.3, 0.4) is 0 Å². The van der Waals surface area contributed by atoms with Crippen LogP contribution >= 0.6 is 0 Å². The van der Waals surface area contributed by atoms with Gasteiger partial charge < -0.3 is 45.4 Å². The highest BCUT2D eigenvalue weighted by atomic mass is 16.5. The molecule has 0 aromatic heterocycles. The average Bonchev–Trinajstić information content (AvgIpc) is 3.87.